The number of oxime groups is 1. The van der Waals surface area contributed by atoms with E-state index in [9.17, 15) is 25.1 Å². The number of carbonyl (C=O) groups is 1. The summed E-state index contributed by atoms with van der Waals surface area (Å²) >= 11 is 0. The lowest BCUT2D eigenvalue weighted by Crippen LogP contribution is -2.70. The number of allylic oxidation sites excluding steroid dienone is 1. The largest absolute Gasteiger partial charge is 0.459 e. The van der Waals surface area contributed by atoms with E-state index in [1.807, 2.05) is 91.9 Å². The first-order valence-corrected chi connectivity index (χ1v) is 24.5. The molecule has 5 aromatic carbocycles. The summed E-state index contributed by atoms with van der Waals surface area (Å²) in [4.78, 5) is 33.6. The quantitative estimate of drug-likeness (QED) is 0.0279. The maximum atomic E-state index is 14.7. The van der Waals surface area contributed by atoms with Crippen molar-refractivity contribution in [1.29, 1.82) is 0 Å². The Kier molecular flexibility index (Phi) is 16.8. The number of hydrogen-bond donors (Lipinski definition) is 2. The molecule has 13 heteroatoms. The molecule has 0 spiro atoms. The predicted octanol–water partition coefficient (Wildman–Crippen LogP) is 11.9. The second-order valence-corrected chi connectivity index (χ2v) is 18.2. The molecule has 70 heavy (non-hydrogen) atoms. The number of fused-ring (bicyclic) bond motifs is 2. The molecule has 2 aliphatic carbocycles. The van der Waals surface area contributed by atoms with Crippen LogP contribution < -0.4 is 9.47 Å². The Balaban J connectivity index is 1.27. The highest BCUT2D eigenvalue weighted by atomic mass is 16.7. The molecule has 8 rings (SSSR count). The van der Waals surface area contributed by atoms with Gasteiger partial charge in [-0.15, -0.1) is 6.58 Å². The van der Waals surface area contributed by atoms with Crippen LogP contribution in [0.5, 0.6) is 17.2 Å². The van der Waals surface area contributed by atoms with Crippen LogP contribution in [0, 0.1) is 27.9 Å². The number of nitro benzene ring substituents is 1. The first kappa shape index (κ1) is 49.6. The highest BCUT2D eigenvalue weighted by molar-refractivity contribution is 6.03. The van der Waals surface area contributed by atoms with Crippen molar-refractivity contribution in [3.63, 3.8) is 0 Å². The molecule has 0 unspecified atom stereocenters. The van der Waals surface area contributed by atoms with E-state index in [4.69, 9.17) is 28.9 Å². The summed E-state index contributed by atoms with van der Waals surface area (Å²) in [6.07, 6.45) is 8.61. The zero-order valence-corrected chi connectivity index (χ0v) is 39.8. The molecule has 2 N–H and O–H groups in total. The van der Waals surface area contributed by atoms with Crippen LogP contribution in [0.15, 0.2) is 157 Å². The molecule has 1 fully saturated rings. The molecule has 3 aliphatic rings. The Bertz CT molecular complexity index is 2590. The molecule has 0 saturated heterocycles. The number of aliphatic hydroxyl groups is 2. The topological polar surface area (TPSA) is 162 Å². The summed E-state index contributed by atoms with van der Waals surface area (Å²) in [5.41, 5.74) is 6.12. The van der Waals surface area contributed by atoms with E-state index in [0.717, 1.165) is 53.5 Å². The number of non-ortho nitro benzene ring substituents is 1. The van der Waals surface area contributed by atoms with Gasteiger partial charge in [-0.2, -0.15) is 0 Å². The van der Waals surface area contributed by atoms with Crippen molar-refractivity contribution in [3.05, 3.63) is 179 Å². The van der Waals surface area contributed by atoms with E-state index in [0.29, 0.717) is 54.3 Å². The van der Waals surface area contributed by atoms with E-state index < -0.39 is 28.8 Å². The maximum Gasteiger partial charge on any atom is 0.410 e. The second kappa shape index (κ2) is 23.7. The summed E-state index contributed by atoms with van der Waals surface area (Å²) in [5, 5.41) is 36.4. The van der Waals surface area contributed by atoms with Gasteiger partial charge in [0, 0.05) is 49.8 Å². The lowest BCUT2D eigenvalue weighted by Gasteiger charge is -2.59. The molecular weight excluding hydrogens is 887 g/mol. The van der Waals surface area contributed by atoms with Gasteiger partial charge in [-0.3, -0.25) is 15.0 Å². The zero-order chi connectivity index (χ0) is 48.9. The fourth-order valence-corrected chi connectivity index (χ4v) is 10.5. The van der Waals surface area contributed by atoms with Crippen LogP contribution in [0.3, 0.4) is 0 Å². The third-order valence-electron chi connectivity index (χ3n) is 13.7. The van der Waals surface area contributed by atoms with Gasteiger partial charge in [-0.25, -0.2) is 4.79 Å². The normalized spacial score (nSPS) is 21.6. The Morgan fingerprint density at radius 2 is 1.53 bits per heavy atom. The number of aliphatic hydroxyl groups excluding tert-OH is 2. The highest BCUT2D eigenvalue weighted by Crippen LogP contribution is 2.62. The minimum atomic E-state index is -1.48. The lowest BCUT2D eigenvalue weighted by molar-refractivity contribution is -0.384. The van der Waals surface area contributed by atoms with Crippen molar-refractivity contribution in [2.24, 2.45) is 22.9 Å². The van der Waals surface area contributed by atoms with E-state index >= 15 is 0 Å². The Morgan fingerprint density at radius 1 is 0.857 bits per heavy atom. The average molecular weight is 950 g/mol. The molecule has 0 aromatic heterocycles. The van der Waals surface area contributed by atoms with Gasteiger partial charge in [0.25, 0.3) is 5.69 Å². The molecule has 366 valence electrons. The summed E-state index contributed by atoms with van der Waals surface area (Å²) < 4.78 is 27.3. The molecule has 0 radical (unpaired) electrons. The fourth-order valence-electron chi connectivity index (χ4n) is 10.5. The summed E-state index contributed by atoms with van der Waals surface area (Å²) in [6, 6.07) is 39.1. The van der Waals surface area contributed by atoms with Crippen LogP contribution >= 0.6 is 0 Å². The monoisotopic (exact) mass is 949 g/mol. The standard InChI is InChI=1S/C57H63N3O10/c1-3-31-59(56(63)66-38-40-15-7-5-8-16-40)53-37-51(58-68-39-41-21-25-45(26-22-41)60(64)65)49-35-44(19-11-13-32-61)48(20-12-14-33-62)54-50-36-47(29-30-52(50)70-57(53,55(49)54)67-34-4-2)69-46-27-23-43(24-28-46)42-17-9-6-10-18-42/h4-10,15-18,21-30,35-36,44,48,53-55,61-62H,2-3,11-14,19-20,31-34,37-39H2,1H3/t44-,48+,53-,54+,55+,57+/m0/s1. The van der Waals surface area contributed by atoms with Crippen molar-refractivity contribution >= 4 is 17.5 Å². The predicted molar refractivity (Wildman–Crippen MR) is 268 cm³/mol. The van der Waals surface area contributed by atoms with Gasteiger partial charge in [0.15, 0.2) is 0 Å². The number of benzene rings is 5. The van der Waals surface area contributed by atoms with Gasteiger partial charge >= 0.3 is 6.09 Å². The van der Waals surface area contributed by atoms with Gasteiger partial charge in [0.1, 0.15) is 36.5 Å². The fraction of sp³-hybridized carbons (Fsp3) is 0.368. The third kappa shape index (κ3) is 11.3. The van der Waals surface area contributed by atoms with Gasteiger partial charge in [0.05, 0.1) is 23.2 Å². The van der Waals surface area contributed by atoms with Gasteiger partial charge in [-0.1, -0.05) is 110 Å². The summed E-state index contributed by atoms with van der Waals surface area (Å²) in [6.45, 7) is 6.73. The minimum Gasteiger partial charge on any atom is -0.459 e. The number of nitro groups is 1. The molecule has 0 bridgehead atoms. The van der Waals surface area contributed by atoms with Crippen molar-refractivity contribution in [2.75, 3.05) is 26.4 Å². The molecule has 1 saturated carbocycles. The molecule has 1 aliphatic heterocycles. The molecule has 5 aromatic rings. The molecule has 1 amide bonds. The number of nitrogens with zero attached hydrogens (tertiary/aromatic N) is 3. The van der Waals surface area contributed by atoms with E-state index in [1.165, 1.54) is 12.1 Å². The summed E-state index contributed by atoms with van der Waals surface area (Å²) in [7, 11) is 0. The zero-order valence-electron chi connectivity index (χ0n) is 39.8. The summed E-state index contributed by atoms with van der Waals surface area (Å²) in [5.74, 6) is -0.381. The van der Waals surface area contributed by atoms with E-state index in [2.05, 4.69) is 30.9 Å². The number of rotatable bonds is 23. The van der Waals surface area contributed by atoms with E-state index in [1.54, 1.807) is 23.1 Å². The average Bonchev–Trinajstić information content (AvgIpc) is 3.39. The van der Waals surface area contributed by atoms with Crippen LogP contribution in [-0.4, -0.2) is 70.0 Å². The van der Waals surface area contributed by atoms with Gasteiger partial charge in [0.2, 0.25) is 5.79 Å². The van der Waals surface area contributed by atoms with Crippen LogP contribution in [0.2, 0.25) is 0 Å². The molecule has 6 atom stereocenters. The highest BCUT2D eigenvalue weighted by Gasteiger charge is 2.65. The molecule has 13 nitrogen and oxygen atoms in total. The first-order valence-electron chi connectivity index (χ1n) is 24.5. The second-order valence-electron chi connectivity index (χ2n) is 18.2. The number of carbonyl (C=O) groups excluding carboxylic acids is 1. The first-order chi connectivity index (χ1) is 34.3. The number of amides is 1. The Morgan fingerprint density at radius 3 is 2.21 bits per heavy atom. The Hall–Kier alpha value is -6.80. The van der Waals surface area contributed by atoms with Gasteiger partial charge < -0.3 is 34.0 Å². The Labute approximate surface area is 410 Å². The van der Waals surface area contributed by atoms with Crippen LogP contribution in [-0.2, 0) is 27.5 Å². The molecule has 1 heterocycles. The van der Waals surface area contributed by atoms with Gasteiger partial charge in [-0.05, 0) is 114 Å². The van der Waals surface area contributed by atoms with Crippen molar-refractivity contribution in [2.45, 2.75) is 89.3 Å². The van der Waals surface area contributed by atoms with E-state index in [-0.39, 0.29) is 62.9 Å². The van der Waals surface area contributed by atoms with Crippen molar-refractivity contribution in [3.8, 4) is 28.4 Å². The molecular formula is C57H63N3O10. The number of ether oxygens (including phenoxy) is 4. The number of hydrogen-bond acceptors (Lipinski definition) is 11. The smallest absolute Gasteiger partial charge is 0.410 e. The van der Waals surface area contributed by atoms with Crippen LogP contribution in [0.25, 0.3) is 11.1 Å². The van der Waals surface area contributed by atoms with Crippen molar-refractivity contribution < 1.29 is 43.7 Å². The number of unbranched alkanes of at least 4 members (excludes halogenated alkanes) is 2. The minimum absolute atomic E-state index is 0.000519. The van der Waals surface area contributed by atoms with Crippen LogP contribution in [0.4, 0.5) is 10.5 Å². The maximum absolute atomic E-state index is 14.7. The van der Waals surface area contributed by atoms with Crippen LogP contribution in [0.1, 0.15) is 80.9 Å². The third-order valence-corrected chi connectivity index (χ3v) is 13.7. The lowest BCUT2D eigenvalue weighted by atomic mass is 9.55. The van der Waals surface area contributed by atoms with Crippen molar-refractivity contribution in [1.82, 2.24) is 4.90 Å². The SMILES string of the molecule is C=CCO[C@@]12Oc3ccc(Oc4ccc(-c5ccccc5)cc4)cc3[C@H]3[C@H](CCCCO)[C@@H](CCCCO)C=C(C(=NOCc4ccc([N+](=O)[O-])cc4)C[C@@H]1N(CCC)C(=O)OCc1ccccc1)[C@H]32.